The number of hydrogen-bond donors (Lipinski definition) is 1. The predicted molar refractivity (Wildman–Crippen MR) is 109 cm³/mol. The van der Waals surface area contributed by atoms with Crippen LogP contribution in [-0.4, -0.2) is 56.2 Å². The van der Waals surface area contributed by atoms with E-state index >= 15 is 0 Å². The maximum absolute atomic E-state index is 12.2. The standard InChI is InChI=1S/C22H31N3O3/c1-24(22(26)23-16-20-7-5-15-28-20)17-18-9-12-25(13-10-18)14-11-19-6-3-4-8-21(19)27-2/h3-8,15,18H,9-14,16-17H2,1-2H3,(H,23,26). The molecule has 1 aliphatic rings. The van der Waals surface area contributed by atoms with E-state index in [0.29, 0.717) is 12.5 Å². The number of nitrogens with one attached hydrogen (secondary N) is 1. The number of amides is 2. The molecular weight excluding hydrogens is 354 g/mol. The first-order chi connectivity index (χ1) is 13.7. The largest absolute Gasteiger partial charge is 0.496 e. The lowest BCUT2D eigenvalue weighted by Gasteiger charge is -2.34. The predicted octanol–water partition coefficient (Wildman–Crippen LogP) is 3.38. The fourth-order valence-electron chi connectivity index (χ4n) is 3.76. The summed E-state index contributed by atoms with van der Waals surface area (Å²) in [6.07, 6.45) is 4.88. The van der Waals surface area contributed by atoms with Crippen LogP contribution in [-0.2, 0) is 13.0 Å². The van der Waals surface area contributed by atoms with Gasteiger partial charge in [-0.1, -0.05) is 18.2 Å². The van der Waals surface area contributed by atoms with Gasteiger partial charge >= 0.3 is 6.03 Å². The van der Waals surface area contributed by atoms with E-state index in [1.54, 1.807) is 18.3 Å². The highest BCUT2D eigenvalue weighted by molar-refractivity contribution is 5.73. The molecule has 0 bridgehead atoms. The van der Waals surface area contributed by atoms with Crippen molar-refractivity contribution in [3.63, 3.8) is 0 Å². The zero-order valence-electron chi connectivity index (χ0n) is 16.9. The molecule has 152 valence electrons. The number of nitrogens with zero attached hydrogens (tertiary/aromatic N) is 2. The van der Waals surface area contributed by atoms with Crippen molar-refractivity contribution in [1.29, 1.82) is 0 Å². The molecule has 0 aliphatic carbocycles. The van der Waals surface area contributed by atoms with Crippen molar-refractivity contribution in [2.75, 3.05) is 40.3 Å². The van der Waals surface area contributed by atoms with E-state index in [1.807, 2.05) is 31.3 Å². The molecule has 2 amide bonds. The Morgan fingerprint density at radius 3 is 2.75 bits per heavy atom. The van der Waals surface area contributed by atoms with Crippen molar-refractivity contribution in [1.82, 2.24) is 15.1 Å². The molecule has 1 fully saturated rings. The first-order valence-electron chi connectivity index (χ1n) is 10.0. The number of urea groups is 1. The van der Waals surface area contributed by atoms with Crippen molar-refractivity contribution in [2.45, 2.75) is 25.8 Å². The van der Waals surface area contributed by atoms with Crippen LogP contribution in [0.5, 0.6) is 5.75 Å². The van der Waals surface area contributed by atoms with E-state index < -0.39 is 0 Å². The molecule has 2 heterocycles. The number of benzene rings is 1. The first kappa shape index (κ1) is 20.3. The van der Waals surface area contributed by atoms with E-state index in [9.17, 15) is 4.79 Å². The second kappa shape index (κ2) is 10.2. The molecule has 0 radical (unpaired) electrons. The van der Waals surface area contributed by atoms with Gasteiger partial charge in [-0.3, -0.25) is 0 Å². The Bertz CT molecular complexity index is 724. The van der Waals surface area contributed by atoms with Gasteiger partial charge in [-0.05, 0) is 62.0 Å². The van der Waals surface area contributed by atoms with Gasteiger partial charge in [0.15, 0.2) is 0 Å². The maximum atomic E-state index is 12.2. The third-order valence-corrected chi connectivity index (χ3v) is 5.47. The minimum atomic E-state index is -0.0463. The quantitative estimate of drug-likeness (QED) is 0.757. The summed E-state index contributed by atoms with van der Waals surface area (Å²) >= 11 is 0. The minimum absolute atomic E-state index is 0.0463. The Morgan fingerprint density at radius 1 is 1.25 bits per heavy atom. The minimum Gasteiger partial charge on any atom is -0.496 e. The fourth-order valence-corrected chi connectivity index (χ4v) is 3.76. The van der Waals surface area contributed by atoms with Gasteiger partial charge in [0.2, 0.25) is 0 Å². The average Bonchev–Trinajstić information content (AvgIpc) is 3.25. The van der Waals surface area contributed by atoms with Gasteiger partial charge in [0.05, 0.1) is 19.9 Å². The fraction of sp³-hybridized carbons (Fsp3) is 0.500. The number of carbonyl (C=O) groups is 1. The van der Waals surface area contributed by atoms with Crippen LogP contribution in [0.2, 0.25) is 0 Å². The molecule has 1 saturated heterocycles. The molecule has 0 saturated carbocycles. The Balaban J connectivity index is 1.36. The SMILES string of the molecule is COc1ccccc1CCN1CCC(CN(C)C(=O)NCc2ccco2)CC1. The van der Waals surface area contributed by atoms with Crippen LogP contribution in [0.4, 0.5) is 4.79 Å². The van der Waals surface area contributed by atoms with Crippen LogP contribution in [0.1, 0.15) is 24.2 Å². The molecule has 1 aromatic carbocycles. The van der Waals surface area contributed by atoms with Gasteiger partial charge in [-0.25, -0.2) is 4.79 Å². The van der Waals surface area contributed by atoms with Crippen molar-refractivity contribution >= 4 is 6.03 Å². The van der Waals surface area contributed by atoms with Gasteiger partial charge in [0, 0.05) is 20.1 Å². The van der Waals surface area contributed by atoms with E-state index in [2.05, 4.69) is 22.3 Å². The van der Waals surface area contributed by atoms with Crippen molar-refractivity contribution < 1.29 is 13.9 Å². The summed E-state index contributed by atoms with van der Waals surface area (Å²) in [4.78, 5) is 16.6. The Labute approximate surface area is 167 Å². The monoisotopic (exact) mass is 385 g/mol. The highest BCUT2D eigenvalue weighted by Gasteiger charge is 2.22. The molecule has 2 aromatic rings. The molecule has 1 N–H and O–H groups in total. The number of rotatable bonds is 8. The average molecular weight is 386 g/mol. The third kappa shape index (κ3) is 5.76. The number of furan rings is 1. The van der Waals surface area contributed by atoms with Crippen LogP contribution < -0.4 is 10.1 Å². The molecule has 1 aliphatic heterocycles. The van der Waals surface area contributed by atoms with Crippen LogP contribution in [0.15, 0.2) is 47.1 Å². The number of methoxy groups -OCH3 is 1. The van der Waals surface area contributed by atoms with Gasteiger partial charge in [-0.2, -0.15) is 0 Å². The van der Waals surface area contributed by atoms with Crippen LogP contribution in [0, 0.1) is 5.92 Å². The van der Waals surface area contributed by atoms with Gasteiger partial charge < -0.3 is 24.3 Å². The topological polar surface area (TPSA) is 58.0 Å². The lowest BCUT2D eigenvalue weighted by Crippen LogP contribution is -2.43. The van der Waals surface area contributed by atoms with Crippen LogP contribution in [0.3, 0.4) is 0 Å². The number of likely N-dealkylation sites (tertiary alicyclic amines) is 1. The van der Waals surface area contributed by atoms with E-state index in [4.69, 9.17) is 9.15 Å². The van der Waals surface area contributed by atoms with Crippen molar-refractivity contribution in [3.8, 4) is 5.75 Å². The molecule has 6 nitrogen and oxygen atoms in total. The number of hydrogen-bond acceptors (Lipinski definition) is 4. The third-order valence-electron chi connectivity index (χ3n) is 5.47. The van der Waals surface area contributed by atoms with Gasteiger partial charge in [-0.15, -0.1) is 0 Å². The Hall–Kier alpha value is -2.47. The Morgan fingerprint density at radius 2 is 2.04 bits per heavy atom. The van der Waals surface area contributed by atoms with Crippen molar-refractivity contribution in [2.24, 2.45) is 5.92 Å². The normalized spacial score (nSPS) is 15.4. The summed E-state index contributed by atoms with van der Waals surface area (Å²) in [7, 11) is 3.59. The summed E-state index contributed by atoms with van der Waals surface area (Å²) in [5.41, 5.74) is 1.26. The smallest absolute Gasteiger partial charge is 0.317 e. The summed E-state index contributed by atoms with van der Waals surface area (Å²) < 4.78 is 10.7. The van der Waals surface area contributed by atoms with E-state index in [0.717, 1.165) is 57.0 Å². The highest BCUT2D eigenvalue weighted by atomic mass is 16.5. The highest BCUT2D eigenvalue weighted by Crippen LogP contribution is 2.21. The van der Waals surface area contributed by atoms with Gasteiger partial charge in [0.1, 0.15) is 11.5 Å². The first-order valence-corrected chi connectivity index (χ1v) is 10.0. The summed E-state index contributed by atoms with van der Waals surface area (Å²) in [5, 5.41) is 2.90. The van der Waals surface area contributed by atoms with E-state index in [-0.39, 0.29) is 6.03 Å². The summed E-state index contributed by atoms with van der Waals surface area (Å²) in [6, 6.07) is 11.9. The molecule has 28 heavy (non-hydrogen) atoms. The molecular formula is C22H31N3O3. The molecule has 0 unspecified atom stereocenters. The van der Waals surface area contributed by atoms with Crippen LogP contribution >= 0.6 is 0 Å². The summed E-state index contributed by atoms with van der Waals surface area (Å²) in [5.74, 6) is 2.30. The molecule has 6 heteroatoms. The van der Waals surface area contributed by atoms with Gasteiger partial charge in [0.25, 0.3) is 0 Å². The number of ether oxygens (including phenoxy) is 1. The summed E-state index contributed by atoms with van der Waals surface area (Å²) in [6.45, 7) is 4.44. The van der Waals surface area contributed by atoms with Crippen molar-refractivity contribution in [3.05, 3.63) is 54.0 Å². The number of piperidine rings is 1. The lowest BCUT2D eigenvalue weighted by molar-refractivity contribution is 0.155. The second-order valence-electron chi connectivity index (χ2n) is 7.47. The van der Waals surface area contributed by atoms with E-state index in [1.165, 1.54) is 5.56 Å². The maximum Gasteiger partial charge on any atom is 0.317 e. The molecule has 1 aromatic heterocycles. The second-order valence-corrected chi connectivity index (χ2v) is 7.47. The Kier molecular flexibility index (Phi) is 7.37. The molecule has 3 rings (SSSR count). The molecule has 0 atom stereocenters. The lowest BCUT2D eigenvalue weighted by atomic mass is 9.96. The zero-order chi connectivity index (χ0) is 19.8. The van der Waals surface area contributed by atoms with Crippen LogP contribution in [0.25, 0.3) is 0 Å². The number of carbonyl (C=O) groups excluding carboxylic acids is 1. The zero-order valence-corrected chi connectivity index (χ0v) is 16.9. The number of para-hydroxylation sites is 1. The molecule has 0 spiro atoms.